The average molecular weight is 265 g/mol. The molecule has 1 saturated heterocycles. The van der Waals surface area contributed by atoms with E-state index in [1.54, 1.807) is 11.8 Å². The highest BCUT2D eigenvalue weighted by atomic mass is 16.5. The van der Waals surface area contributed by atoms with E-state index >= 15 is 0 Å². The van der Waals surface area contributed by atoms with Gasteiger partial charge in [-0.2, -0.15) is 4.98 Å². The minimum atomic E-state index is -0.929. The zero-order valence-corrected chi connectivity index (χ0v) is 11.1. The fourth-order valence-corrected chi connectivity index (χ4v) is 2.73. The lowest BCUT2D eigenvalue weighted by molar-refractivity contribution is -0.139. The Morgan fingerprint density at radius 1 is 1.58 bits per heavy atom. The lowest BCUT2D eigenvalue weighted by Crippen LogP contribution is -2.51. The molecule has 6 nitrogen and oxygen atoms in total. The first-order valence-corrected chi connectivity index (χ1v) is 6.86. The van der Waals surface area contributed by atoms with Crippen LogP contribution in [0, 0.1) is 12.8 Å². The van der Waals surface area contributed by atoms with Crippen LogP contribution in [0.15, 0.2) is 4.52 Å². The molecule has 1 atom stereocenters. The Morgan fingerprint density at radius 3 is 3.00 bits per heavy atom. The van der Waals surface area contributed by atoms with Gasteiger partial charge in [0.15, 0.2) is 5.82 Å². The number of rotatable bonds is 3. The van der Waals surface area contributed by atoms with E-state index in [0.717, 1.165) is 25.8 Å². The van der Waals surface area contributed by atoms with Crippen molar-refractivity contribution in [1.82, 2.24) is 15.0 Å². The highest BCUT2D eigenvalue weighted by molar-refractivity contribution is 5.81. The molecule has 1 amide bonds. The maximum Gasteiger partial charge on any atom is 0.229 e. The summed E-state index contributed by atoms with van der Waals surface area (Å²) in [6.45, 7) is 2.88. The van der Waals surface area contributed by atoms with Gasteiger partial charge in [-0.05, 0) is 32.6 Å². The minimum Gasteiger partial charge on any atom is -0.388 e. The molecule has 2 fully saturated rings. The van der Waals surface area contributed by atoms with Crippen LogP contribution in [0.4, 0.5) is 0 Å². The van der Waals surface area contributed by atoms with Crippen molar-refractivity contribution < 1.29 is 14.4 Å². The second kappa shape index (κ2) is 4.59. The van der Waals surface area contributed by atoms with Gasteiger partial charge in [0.05, 0.1) is 12.0 Å². The number of aromatic nitrogens is 2. The molecule has 1 N–H and O–H groups in total. The van der Waals surface area contributed by atoms with E-state index in [9.17, 15) is 9.90 Å². The summed E-state index contributed by atoms with van der Waals surface area (Å²) in [6, 6.07) is 0. The van der Waals surface area contributed by atoms with Gasteiger partial charge in [-0.25, -0.2) is 0 Å². The number of likely N-dealkylation sites (tertiary alicyclic amines) is 1. The van der Waals surface area contributed by atoms with Crippen molar-refractivity contribution in [2.45, 2.75) is 44.6 Å². The first-order chi connectivity index (χ1) is 9.06. The van der Waals surface area contributed by atoms with Crippen LogP contribution in [-0.4, -0.2) is 44.7 Å². The van der Waals surface area contributed by atoms with E-state index < -0.39 is 5.60 Å². The van der Waals surface area contributed by atoms with Crippen LogP contribution in [0.3, 0.4) is 0 Å². The number of aliphatic hydroxyl groups is 1. The molecule has 6 heteroatoms. The second-order valence-electron chi connectivity index (χ2n) is 5.77. The maximum absolute atomic E-state index is 12.1. The van der Waals surface area contributed by atoms with Crippen molar-refractivity contribution >= 4 is 5.91 Å². The smallest absolute Gasteiger partial charge is 0.229 e. The molecule has 1 unspecified atom stereocenters. The van der Waals surface area contributed by atoms with Gasteiger partial charge >= 0.3 is 0 Å². The molecule has 0 aromatic carbocycles. The fraction of sp³-hybridized carbons (Fsp3) is 0.769. The van der Waals surface area contributed by atoms with Gasteiger partial charge in [0.25, 0.3) is 0 Å². The van der Waals surface area contributed by atoms with E-state index in [0.29, 0.717) is 31.1 Å². The number of carbonyl (C=O) groups is 1. The molecule has 2 heterocycles. The van der Waals surface area contributed by atoms with Gasteiger partial charge in [0, 0.05) is 19.0 Å². The first-order valence-electron chi connectivity index (χ1n) is 6.86. The topological polar surface area (TPSA) is 79.5 Å². The standard InChI is InChI=1S/C13H19N3O3/c1-9-14-11(19-15-9)7-13(18)5-2-6-16(8-13)12(17)10-3-4-10/h10,18H,2-8H2,1H3. The normalized spacial score (nSPS) is 27.6. The van der Waals surface area contributed by atoms with Crippen molar-refractivity contribution in [2.75, 3.05) is 13.1 Å². The molecule has 104 valence electrons. The average Bonchev–Trinajstić information content (AvgIpc) is 3.13. The number of carbonyl (C=O) groups excluding carboxylic acids is 1. The summed E-state index contributed by atoms with van der Waals surface area (Å²) in [7, 11) is 0. The third-order valence-electron chi connectivity index (χ3n) is 3.84. The molecular weight excluding hydrogens is 246 g/mol. The van der Waals surface area contributed by atoms with Crippen molar-refractivity contribution in [3.63, 3.8) is 0 Å². The minimum absolute atomic E-state index is 0.194. The van der Waals surface area contributed by atoms with Crippen LogP contribution >= 0.6 is 0 Å². The lowest BCUT2D eigenvalue weighted by atomic mass is 9.89. The maximum atomic E-state index is 12.1. The monoisotopic (exact) mass is 265 g/mol. The van der Waals surface area contributed by atoms with Gasteiger partial charge in [0.1, 0.15) is 0 Å². The van der Waals surface area contributed by atoms with Gasteiger partial charge in [-0.3, -0.25) is 4.79 Å². The molecule has 1 aromatic heterocycles. The third kappa shape index (κ3) is 2.78. The number of amides is 1. The van der Waals surface area contributed by atoms with Crippen LogP contribution in [0.5, 0.6) is 0 Å². The van der Waals surface area contributed by atoms with E-state index in [-0.39, 0.29) is 11.8 Å². The largest absolute Gasteiger partial charge is 0.388 e. The molecule has 1 aromatic rings. The Balaban J connectivity index is 1.66. The quantitative estimate of drug-likeness (QED) is 0.869. The number of nitrogens with zero attached hydrogens (tertiary/aromatic N) is 3. The van der Waals surface area contributed by atoms with Gasteiger partial charge in [-0.1, -0.05) is 5.16 Å². The van der Waals surface area contributed by atoms with Crippen LogP contribution in [0.2, 0.25) is 0 Å². The van der Waals surface area contributed by atoms with Crippen LogP contribution < -0.4 is 0 Å². The molecule has 3 rings (SSSR count). The highest BCUT2D eigenvalue weighted by Crippen LogP contribution is 2.33. The molecule has 0 spiro atoms. The number of hydrogen-bond donors (Lipinski definition) is 1. The molecule has 1 saturated carbocycles. The summed E-state index contributed by atoms with van der Waals surface area (Å²) in [4.78, 5) is 18.0. The second-order valence-corrected chi connectivity index (χ2v) is 5.77. The molecule has 1 aliphatic carbocycles. The number of β-amino-alcohol motifs (C(OH)–C–C–N with tert-alkyl or cyclic N) is 1. The Morgan fingerprint density at radius 2 is 2.37 bits per heavy atom. The zero-order valence-electron chi connectivity index (χ0n) is 11.1. The molecule has 1 aliphatic heterocycles. The van der Waals surface area contributed by atoms with E-state index in [2.05, 4.69) is 10.1 Å². The van der Waals surface area contributed by atoms with Crippen molar-refractivity contribution in [1.29, 1.82) is 0 Å². The van der Waals surface area contributed by atoms with Crippen LogP contribution in [0.1, 0.15) is 37.4 Å². The summed E-state index contributed by atoms with van der Waals surface area (Å²) in [5.74, 6) is 1.41. The molecule has 19 heavy (non-hydrogen) atoms. The molecule has 0 bridgehead atoms. The van der Waals surface area contributed by atoms with Crippen molar-refractivity contribution in [3.8, 4) is 0 Å². The van der Waals surface area contributed by atoms with Gasteiger partial charge in [-0.15, -0.1) is 0 Å². The predicted octanol–water partition coefficient (Wildman–Crippen LogP) is 0.684. The number of aryl methyl sites for hydroxylation is 1. The van der Waals surface area contributed by atoms with E-state index in [4.69, 9.17) is 4.52 Å². The Bertz CT molecular complexity index is 483. The Hall–Kier alpha value is -1.43. The first kappa shape index (κ1) is 12.6. The Labute approximate surface area is 111 Å². The van der Waals surface area contributed by atoms with E-state index in [1.807, 2.05) is 0 Å². The fourth-order valence-electron chi connectivity index (χ4n) is 2.73. The summed E-state index contributed by atoms with van der Waals surface area (Å²) < 4.78 is 5.06. The summed E-state index contributed by atoms with van der Waals surface area (Å²) in [5.41, 5.74) is -0.929. The van der Waals surface area contributed by atoms with Gasteiger partial charge in [0.2, 0.25) is 11.8 Å². The predicted molar refractivity (Wildman–Crippen MR) is 66.2 cm³/mol. The summed E-state index contributed by atoms with van der Waals surface area (Å²) >= 11 is 0. The zero-order chi connectivity index (χ0) is 13.5. The summed E-state index contributed by atoms with van der Waals surface area (Å²) in [6.07, 6.45) is 3.81. The SMILES string of the molecule is Cc1noc(CC2(O)CCCN(C(=O)C3CC3)C2)n1. The van der Waals surface area contributed by atoms with Crippen LogP contribution in [0.25, 0.3) is 0 Å². The van der Waals surface area contributed by atoms with Crippen molar-refractivity contribution in [3.05, 3.63) is 11.7 Å². The van der Waals surface area contributed by atoms with Gasteiger partial charge < -0.3 is 14.5 Å². The molecule has 0 radical (unpaired) electrons. The number of hydrogen-bond acceptors (Lipinski definition) is 5. The lowest BCUT2D eigenvalue weighted by Gasteiger charge is -2.38. The Kier molecular flexibility index (Phi) is 3.05. The molecule has 2 aliphatic rings. The highest BCUT2D eigenvalue weighted by Gasteiger charge is 2.41. The van der Waals surface area contributed by atoms with E-state index in [1.165, 1.54) is 0 Å². The summed E-state index contributed by atoms with van der Waals surface area (Å²) in [5, 5.41) is 14.4. The van der Waals surface area contributed by atoms with Crippen molar-refractivity contribution in [2.24, 2.45) is 5.92 Å². The third-order valence-corrected chi connectivity index (χ3v) is 3.84. The molecular formula is C13H19N3O3. The number of piperidine rings is 1. The van der Waals surface area contributed by atoms with Crippen LogP contribution in [-0.2, 0) is 11.2 Å².